The van der Waals surface area contributed by atoms with Crippen molar-refractivity contribution in [2.45, 2.75) is 6.42 Å². The SMILES string of the molecule is O=C(OCCc1ccc(OC(=O)c2ccc(O)cc2)cc1)c1ccc(O)cc1. The normalized spacial score (nSPS) is 10.3. The van der Waals surface area contributed by atoms with Crippen molar-refractivity contribution in [1.82, 2.24) is 0 Å². The molecule has 0 amide bonds. The molecule has 3 aromatic rings. The first kappa shape index (κ1) is 19.0. The van der Waals surface area contributed by atoms with Crippen LogP contribution in [-0.4, -0.2) is 28.8 Å². The predicted octanol–water partition coefficient (Wildman–Crippen LogP) is 3.72. The number of esters is 2. The number of carbonyl (C=O) groups excluding carboxylic acids is 2. The summed E-state index contributed by atoms with van der Waals surface area (Å²) >= 11 is 0. The van der Waals surface area contributed by atoms with Crippen molar-refractivity contribution in [3.8, 4) is 17.2 Å². The Morgan fingerprint density at radius 2 is 1.18 bits per heavy atom. The summed E-state index contributed by atoms with van der Waals surface area (Å²) in [6, 6.07) is 18.5. The van der Waals surface area contributed by atoms with Gasteiger partial charge in [0.2, 0.25) is 0 Å². The summed E-state index contributed by atoms with van der Waals surface area (Å²) < 4.78 is 10.5. The van der Waals surface area contributed by atoms with Gasteiger partial charge in [-0.05, 0) is 66.2 Å². The maximum atomic E-state index is 12.0. The number of aromatic hydroxyl groups is 2. The highest BCUT2D eigenvalue weighted by atomic mass is 16.5. The Labute approximate surface area is 161 Å². The molecule has 0 aromatic heterocycles. The van der Waals surface area contributed by atoms with E-state index >= 15 is 0 Å². The molecular weight excluding hydrogens is 360 g/mol. The van der Waals surface area contributed by atoms with Crippen molar-refractivity contribution in [3.05, 3.63) is 89.5 Å². The smallest absolute Gasteiger partial charge is 0.343 e. The van der Waals surface area contributed by atoms with Crippen LogP contribution < -0.4 is 4.74 Å². The maximum absolute atomic E-state index is 12.0. The number of carbonyl (C=O) groups is 2. The highest BCUT2D eigenvalue weighted by Crippen LogP contribution is 2.17. The first-order valence-electron chi connectivity index (χ1n) is 8.57. The topological polar surface area (TPSA) is 93.1 Å². The maximum Gasteiger partial charge on any atom is 0.343 e. The standard InChI is InChI=1S/C22H18O6/c23-18-7-3-16(4-8-18)21(25)27-14-13-15-1-11-20(12-2-15)28-22(26)17-5-9-19(24)10-6-17/h1-12,23-24H,13-14H2. The summed E-state index contributed by atoms with van der Waals surface area (Å²) in [6.07, 6.45) is 0.510. The van der Waals surface area contributed by atoms with E-state index in [1.807, 2.05) is 0 Å². The number of hydrogen-bond acceptors (Lipinski definition) is 6. The van der Waals surface area contributed by atoms with E-state index in [4.69, 9.17) is 9.47 Å². The largest absolute Gasteiger partial charge is 0.508 e. The molecule has 0 aliphatic heterocycles. The van der Waals surface area contributed by atoms with Gasteiger partial charge < -0.3 is 19.7 Å². The molecule has 0 saturated heterocycles. The van der Waals surface area contributed by atoms with E-state index in [1.165, 1.54) is 48.5 Å². The number of hydrogen-bond donors (Lipinski definition) is 2. The van der Waals surface area contributed by atoms with Crippen molar-refractivity contribution in [2.24, 2.45) is 0 Å². The van der Waals surface area contributed by atoms with Crippen LogP contribution in [-0.2, 0) is 11.2 Å². The lowest BCUT2D eigenvalue weighted by Gasteiger charge is -2.07. The average molecular weight is 378 g/mol. The Kier molecular flexibility index (Phi) is 5.91. The average Bonchev–Trinajstić information content (AvgIpc) is 2.70. The van der Waals surface area contributed by atoms with Gasteiger partial charge in [-0.25, -0.2) is 9.59 Å². The first-order valence-corrected chi connectivity index (χ1v) is 8.57. The molecular formula is C22H18O6. The zero-order valence-electron chi connectivity index (χ0n) is 14.9. The lowest BCUT2D eigenvalue weighted by Crippen LogP contribution is -2.09. The molecule has 3 rings (SSSR count). The Bertz CT molecular complexity index is 944. The van der Waals surface area contributed by atoms with E-state index in [0.29, 0.717) is 23.3 Å². The second-order valence-corrected chi connectivity index (χ2v) is 6.01. The number of phenols is 2. The van der Waals surface area contributed by atoms with Crippen LogP contribution in [0.2, 0.25) is 0 Å². The van der Waals surface area contributed by atoms with E-state index in [0.717, 1.165) is 5.56 Å². The highest BCUT2D eigenvalue weighted by molar-refractivity contribution is 5.91. The molecule has 0 spiro atoms. The second kappa shape index (κ2) is 8.73. The van der Waals surface area contributed by atoms with Gasteiger partial charge >= 0.3 is 11.9 Å². The quantitative estimate of drug-likeness (QED) is 0.502. The highest BCUT2D eigenvalue weighted by Gasteiger charge is 2.09. The van der Waals surface area contributed by atoms with Crippen molar-refractivity contribution in [2.75, 3.05) is 6.61 Å². The van der Waals surface area contributed by atoms with Crippen LogP contribution in [0.4, 0.5) is 0 Å². The number of phenolic OH excluding ortho intramolecular Hbond substituents is 2. The van der Waals surface area contributed by atoms with Crippen LogP contribution in [0.1, 0.15) is 26.3 Å². The van der Waals surface area contributed by atoms with Crippen LogP contribution in [0.3, 0.4) is 0 Å². The fraction of sp³-hybridized carbons (Fsp3) is 0.0909. The molecule has 0 radical (unpaired) electrons. The second-order valence-electron chi connectivity index (χ2n) is 6.01. The molecule has 2 N–H and O–H groups in total. The molecule has 6 heteroatoms. The van der Waals surface area contributed by atoms with E-state index in [-0.39, 0.29) is 18.1 Å². The van der Waals surface area contributed by atoms with Crippen LogP contribution in [0.25, 0.3) is 0 Å². The number of benzene rings is 3. The molecule has 0 fully saturated rings. The third-order valence-electron chi connectivity index (χ3n) is 3.96. The minimum atomic E-state index is -0.518. The van der Waals surface area contributed by atoms with Crippen molar-refractivity contribution >= 4 is 11.9 Å². The number of ether oxygens (including phenoxy) is 2. The van der Waals surface area contributed by atoms with Crippen molar-refractivity contribution < 1.29 is 29.3 Å². The molecule has 0 heterocycles. The minimum absolute atomic E-state index is 0.0759. The molecule has 0 unspecified atom stereocenters. The van der Waals surface area contributed by atoms with Crippen LogP contribution in [0.15, 0.2) is 72.8 Å². The van der Waals surface area contributed by atoms with Crippen LogP contribution >= 0.6 is 0 Å². The van der Waals surface area contributed by atoms with Gasteiger partial charge in [0.15, 0.2) is 0 Å². The van der Waals surface area contributed by atoms with E-state index in [9.17, 15) is 19.8 Å². The molecule has 142 valence electrons. The van der Waals surface area contributed by atoms with E-state index in [1.54, 1.807) is 24.3 Å². The third kappa shape index (κ3) is 5.11. The summed E-state index contributed by atoms with van der Waals surface area (Å²) in [7, 11) is 0. The van der Waals surface area contributed by atoms with Gasteiger partial charge in [0.25, 0.3) is 0 Å². The summed E-state index contributed by atoms with van der Waals surface area (Å²) in [4.78, 5) is 23.9. The number of rotatable bonds is 6. The molecule has 0 bridgehead atoms. The minimum Gasteiger partial charge on any atom is -0.508 e. The fourth-order valence-electron chi connectivity index (χ4n) is 2.43. The van der Waals surface area contributed by atoms with E-state index < -0.39 is 11.9 Å². The lowest BCUT2D eigenvalue weighted by molar-refractivity contribution is 0.0508. The Morgan fingerprint density at radius 1 is 0.679 bits per heavy atom. The third-order valence-corrected chi connectivity index (χ3v) is 3.96. The Balaban J connectivity index is 1.49. The molecule has 0 aliphatic rings. The summed E-state index contributed by atoms with van der Waals surface area (Å²) in [5, 5.41) is 18.5. The van der Waals surface area contributed by atoms with Crippen molar-refractivity contribution in [1.29, 1.82) is 0 Å². The van der Waals surface area contributed by atoms with Crippen LogP contribution in [0.5, 0.6) is 17.2 Å². The van der Waals surface area contributed by atoms with E-state index in [2.05, 4.69) is 0 Å². The first-order chi connectivity index (χ1) is 13.5. The summed E-state index contributed by atoms with van der Waals surface area (Å²) in [5.41, 5.74) is 1.63. The van der Waals surface area contributed by atoms with Gasteiger partial charge in [-0.3, -0.25) is 0 Å². The lowest BCUT2D eigenvalue weighted by atomic mass is 10.1. The zero-order valence-corrected chi connectivity index (χ0v) is 14.9. The van der Waals surface area contributed by atoms with Crippen LogP contribution in [0, 0.1) is 0 Å². The van der Waals surface area contributed by atoms with Gasteiger partial charge in [-0.2, -0.15) is 0 Å². The summed E-state index contributed by atoms with van der Waals surface area (Å²) in [6.45, 7) is 0.201. The molecule has 3 aromatic carbocycles. The molecule has 0 aliphatic carbocycles. The Morgan fingerprint density at radius 3 is 1.71 bits per heavy atom. The fourth-order valence-corrected chi connectivity index (χ4v) is 2.43. The predicted molar refractivity (Wildman–Crippen MR) is 102 cm³/mol. The molecule has 28 heavy (non-hydrogen) atoms. The molecule has 0 atom stereocenters. The van der Waals surface area contributed by atoms with Gasteiger partial charge in [0.05, 0.1) is 17.7 Å². The van der Waals surface area contributed by atoms with Gasteiger partial charge in [0, 0.05) is 6.42 Å². The Hall–Kier alpha value is -3.80. The monoisotopic (exact) mass is 378 g/mol. The summed E-state index contributed by atoms with van der Waals surface area (Å²) in [5.74, 6) is -0.423. The van der Waals surface area contributed by atoms with Gasteiger partial charge in [0.1, 0.15) is 17.2 Å². The molecule has 0 saturated carbocycles. The van der Waals surface area contributed by atoms with Gasteiger partial charge in [-0.15, -0.1) is 0 Å². The van der Waals surface area contributed by atoms with Gasteiger partial charge in [-0.1, -0.05) is 12.1 Å². The van der Waals surface area contributed by atoms with Crippen molar-refractivity contribution in [3.63, 3.8) is 0 Å². The molecule has 6 nitrogen and oxygen atoms in total. The zero-order chi connectivity index (χ0) is 19.9.